The van der Waals surface area contributed by atoms with E-state index in [2.05, 4.69) is 26.2 Å². The van der Waals surface area contributed by atoms with Crippen LogP contribution in [0.25, 0.3) is 0 Å². The number of nitrogens with zero attached hydrogens (tertiary/aromatic N) is 1. The van der Waals surface area contributed by atoms with Crippen molar-refractivity contribution in [2.45, 2.75) is 13.0 Å². The van der Waals surface area contributed by atoms with E-state index in [1.54, 1.807) is 25.4 Å². The largest absolute Gasteiger partial charge is 0.490 e. The fourth-order valence-electron chi connectivity index (χ4n) is 0.945. The van der Waals surface area contributed by atoms with Crippen LogP contribution in [0.5, 0.6) is 5.75 Å². The van der Waals surface area contributed by atoms with Crippen molar-refractivity contribution in [3.63, 3.8) is 0 Å². The number of amides is 1. The second-order valence-electron chi connectivity index (χ2n) is 3.00. The Kier molecular flexibility index (Phi) is 4.36. The minimum atomic E-state index is -1.06. The first-order valence-electron chi connectivity index (χ1n) is 4.30. The van der Waals surface area contributed by atoms with Gasteiger partial charge in [0.25, 0.3) is 0 Å². The van der Waals surface area contributed by atoms with E-state index in [0.717, 1.165) is 4.47 Å². The highest BCUT2D eigenvalue weighted by atomic mass is 79.9. The summed E-state index contributed by atoms with van der Waals surface area (Å²) < 4.78 is 6.15. The first-order valence-corrected chi connectivity index (χ1v) is 5.10. The lowest BCUT2D eigenvalue weighted by Crippen LogP contribution is -2.35. The molecule has 0 saturated heterocycles. The SMILES string of the molecule is CC(COc1cncc(Br)c1)NC(=O)O. The van der Waals surface area contributed by atoms with Gasteiger partial charge in [-0.3, -0.25) is 4.98 Å². The maximum Gasteiger partial charge on any atom is 0.404 e. The Labute approximate surface area is 95.6 Å². The predicted octanol–water partition coefficient (Wildman–Crippen LogP) is 1.88. The minimum Gasteiger partial charge on any atom is -0.490 e. The van der Waals surface area contributed by atoms with Gasteiger partial charge in [0.1, 0.15) is 12.4 Å². The van der Waals surface area contributed by atoms with Crippen LogP contribution in [0, 0.1) is 0 Å². The Morgan fingerprint density at radius 1 is 1.73 bits per heavy atom. The smallest absolute Gasteiger partial charge is 0.404 e. The van der Waals surface area contributed by atoms with Crippen molar-refractivity contribution in [1.29, 1.82) is 0 Å². The first kappa shape index (κ1) is 11.8. The fourth-order valence-corrected chi connectivity index (χ4v) is 1.29. The van der Waals surface area contributed by atoms with E-state index in [1.165, 1.54) is 0 Å². The summed E-state index contributed by atoms with van der Waals surface area (Å²) in [4.78, 5) is 14.2. The summed E-state index contributed by atoms with van der Waals surface area (Å²) in [5.41, 5.74) is 0. The molecule has 0 saturated carbocycles. The van der Waals surface area contributed by atoms with Gasteiger partial charge in [0.2, 0.25) is 0 Å². The number of hydrogen-bond acceptors (Lipinski definition) is 3. The predicted molar refractivity (Wildman–Crippen MR) is 58.1 cm³/mol. The van der Waals surface area contributed by atoms with E-state index in [0.29, 0.717) is 5.75 Å². The molecule has 1 aromatic rings. The molecule has 1 unspecified atom stereocenters. The van der Waals surface area contributed by atoms with Gasteiger partial charge in [-0.05, 0) is 28.9 Å². The average molecular weight is 275 g/mol. The number of hydrogen-bond donors (Lipinski definition) is 2. The van der Waals surface area contributed by atoms with Crippen molar-refractivity contribution in [1.82, 2.24) is 10.3 Å². The molecule has 0 aliphatic heterocycles. The van der Waals surface area contributed by atoms with Crippen molar-refractivity contribution < 1.29 is 14.6 Å². The van der Waals surface area contributed by atoms with Gasteiger partial charge in [0.15, 0.2) is 0 Å². The summed E-state index contributed by atoms with van der Waals surface area (Å²) in [6.45, 7) is 1.99. The number of aromatic nitrogens is 1. The molecule has 1 amide bonds. The number of ether oxygens (including phenoxy) is 1. The highest BCUT2D eigenvalue weighted by molar-refractivity contribution is 9.10. The summed E-state index contributed by atoms with van der Waals surface area (Å²) >= 11 is 3.26. The Bertz CT molecular complexity index is 346. The number of nitrogens with one attached hydrogen (secondary N) is 1. The molecule has 2 N–H and O–H groups in total. The van der Waals surface area contributed by atoms with E-state index in [-0.39, 0.29) is 12.6 Å². The molecule has 0 fully saturated rings. The van der Waals surface area contributed by atoms with Crippen LogP contribution in [0.15, 0.2) is 22.9 Å². The molecular weight excluding hydrogens is 264 g/mol. The van der Waals surface area contributed by atoms with Crippen LogP contribution in [0.1, 0.15) is 6.92 Å². The molecular formula is C9H11BrN2O3. The molecule has 1 rings (SSSR count). The molecule has 0 aliphatic carbocycles. The van der Waals surface area contributed by atoms with Crippen molar-refractivity contribution in [3.8, 4) is 5.75 Å². The van der Waals surface area contributed by atoms with Gasteiger partial charge < -0.3 is 15.2 Å². The normalized spacial score (nSPS) is 11.9. The van der Waals surface area contributed by atoms with Gasteiger partial charge in [-0.25, -0.2) is 4.79 Å². The summed E-state index contributed by atoms with van der Waals surface area (Å²) in [6.07, 6.45) is 2.16. The molecule has 0 spiro atoms. The molecule has 1 aromatic heterocycles. The number of carboxylic acid groups (broad SMARTS) is 1. The fraction of sp³-hybridized carbons (Fsp3) is 0.333. The van der Waals surface area contributed by atoms with Gasteiger partial charge >= 0.3 is 6.09 Å². The van der Waals surface area contributed by atoms with Crippen LogP contribution in [-0.2, 0) is 0 Å². The third kappa shape index (κ3) is 4.64. The molecule has 6 heteroatoms. The molecule has 15 heavy (non-hydrogen) atoms. The van der Waals surface area contributed by atoms with Crippen molar-refractivity contribution in [2.24, 2.45) is 0 Å². The van der Waals surface area contributed by atoms with Crippen LogP contribution < -0.4 is 10.1 Å². The number of halogens is 1. The Hall–Kier alpha value is -1.30. The summed E-state index contributed by atoms with van der Waals surface area (Å²) in [5.74, 6) is 0.600. The molecule has 1 atom stereocenters. The van der Waals surface area contributed by atoms with Crippen LogP contribution in [-0.4, -0.2) is 28.8 Å². The maximum atomic E-state index is 10.3. The molecule has 0 bridgehead atoms. The molecule has 0 radical (unpaired) electrons. The van der Waals surface area contributed by atoms with E-state index in [9.17, 15) is 4.79 Å². The van der Waals surface area contributed by atoms with Gasteiger partial charge in [0.05, 0.1) is 12.2 Å². The van der Waals surface area contributed by atoms with E-state index in [4.69, 9.17) is 9.84 Å². The standard InChI is InChI=1S/C9H11BrN2O3/c1-6(12-9(13)14)5-15-8-2-7(10)3-11-4-8/h2-4,6,12H,5H2,1H3,(H,13,14). The van der Waals surface area contributed by atoms with Crippen molar-refractivity contribution in [3.05, 3.63) is 22.9 Å². The average Bonchev–Trinajstić information content (AvgIpc) is 2.14. The minimum absolute atomic E-state index is 0.263. The van der Waals surface area contributed by atoms with Gasteiger partial charge in [-0.15, -0.1) is 0 Å². The van der Waals surface area contributed by atoms with Crippen LogP contribution in [0.3, 0.4) is 0 Å². The number of rotatable bonds is 4. The van der Waals surface area contributed by atoms with Crippen LogP contribution in [0.2, 0.25) is 0 Å². The van der Waals surface area contributed by atoms with Gasteiger partial charge in [0, 0.05) is 10.7 Å². The Balaban J connectivity index is 2.40. The molecule has 1 heterocycles. The third-order valence-corrected chi connectivity index (χ3v) is 1.98. The van der Waals surface area contributed by atoms with E-state index < -0.39 is 6.09 Å². The Morgan fingerprint density at radius 2 is 2.47 bits per heavy atom. The quantitative estimate of drug-likeness (QED) is 0.880. The topological polar surface area (TPSA) is 71.5 Å². The Morgan fingerprint density at radius 3 is 3.07 bits per heavy atom. The maximum absolute atomic E-state index is 10.3. The molecule has 0 aliphatic rings. The zero-order valence-electron chi connectivity index (χ0n) is 8.11. The first-order chi connectivity index (χ1) is 7.08. The summed E-state index contributed by atoms with van der Waals surface area (Å²) in [6, 6.07) is 1.50. The number of carbonyl (C=O) groups is 1. The van der Waals surface area contributed by atoms with Crippen LogP contribution in [0.4, 0.5) is 4.79 Å². The molecule has 5 nitrogen and oxygen atoms in total. The van der Waals surface area contributed by atoms with Gasteiger partial charge in [-0.1, -0.05) is 0 Å². The lowest BCUT2D eigenvalue weighted by atomic mass is 10.4. The van der Waals surface area contributed by atoms with Gasteiger partial charge in [-0.2, -0.15) is 0 Å². The molecule has 0 aromatic carbocycles. The second-order valence-corrected chi connectivity index (χ2v) is 3.92. The summed E-state index contributed by atoms with van der Waals surface area (Å²) in [7, 11) is 0. The summed E-state index contributed by atoms with van der Waals surface area (Å²) in [5, 5.41) is 10.7. The highest BCUT2D eigenvalue weighted by Gasteiger charge is 2.05. The van der Waals surface area contributed by atoms with Crippen molar-refractivity contribution >= 4 is 22.0 Å². The lowest BCUT2D eigenvalue weighted by Gasteiger charge is -2.12. The second kappa shape index (κ2) is 5.55. The van der Waals surface area contributed by atoms with Crippen molar-refractivity contribution in [2.75, 3.05) is 6.61 Å². The van der Waals surface area contributed by atoms with Crippen LogP contribution >= 0.6 is 15.9 Å². The molecule has 82 valence electrons. The lowest BCUT2D eigenvalue weighted by molar-refractivity contribution is 0.183. The zero-order chi connectivity index (χ0) is 11.3. The number of pyridine rings is 1. The van der Waals surface area contributed by atoms with E-state index in [1.807, 2.05) is 0 Å². The zero-order valence-corrected chi connectivity index (χ0v) is 9.69. The highest BCUT2D eigenvalue weighted by Crippen LogP contribution is 2.15. The monoisotopic (exact) mass is 274 g/mol. The van der Waals surface area contributed by atoms with E-state index >= 15 is 0 Å². The third-order valence-electron chi connectivity index (χ3n) is 1.55.